The summed E-state index contributed by atoms with van der Waals surface area (Å²) >= 11 is 3.30. The quantitative estimate of drug-likeness (QED) is 0.302. The summed E-state index contributed by atoms with van der Waals surface area (Å²) in [4.78, 5) is 19.7. The molecule has 1 heterocycles. The van der Waals surface area contributed by atoms with Gasteiger partial charge in [-0.2, -0.15) is 18.2 Å². The SMILES string of the molecule is COc1cc(C(C)=O)c(Br)cc1Nc1ncc(C(F)(F)F)c(NCc2ccc(C)cc2N(C)S(C)(=O)=O)n1. The Morgan fingerprint density at radius 3 is 2.47 bits per heavy atom. The number of hydrogen-bond donors (Lipinski definition) is 2. The maximum atomic E-state index is 13.8. The average Bonchev–Trinajstić information content (AvgIpc) is 2.81. The van der Waals surface area contributed by atoms with E-state index in [0.29, 0.717) is 33.2 Å². The van der Waals surface area contributed by atoms with Gasteiger partial charge in [-0.25, -0.2) is 13.4 Å². The van der Waals surface area contributed by atoms with Crippen molar-refractivity contribution >= 4 is 54.9 Å². The number of ether oxygens (including phenoxy) is 1. The van der Waals surface area contributed by atoms with Crippen LogP contribution in [0.1, 0.15) is 34.0 Å². The molecule has 0 saturated carbocycles. The number of benzene rings is 2. The molecule has 0 aliphatic heterocycles. The molecule has 0 saturated heterocycles. The molecule has 1 aromatic heterocycles. The number of carbonyl (C=O) groups excluding carboxylic acids is 1. The fourth-order valence-electron chi connectivity index (χ4n) is 3.47. The van der Waals surface area contributed by atoms with Crippen LogP contribution in [0.3, 0.4) is 0 Å². The predicted octanol–water partition coefficient (Wildman–Crippen LogP) is 5.53. The van der Waals surface area contributed by atoms with Gasteiger partial charge in [-0.1, -0.05) is 12.1 Å². The van der Waals surface area contributed by atoms with Crippen LogP contribution in [-0.4, -0.2) is 44.6 Å². The second kappa shape index (κ2) is 11.2. The molecular formula is C24H25BrF3N5O4S. The van der Waals surface area contributed by atoms with Crippen molar-refractivity contribution in [1.82, 2.24) is 9.97 Å². The summed E-state index contributed by atoms with van der Waals surface area (Å²) in [7, 11) is -0.870. The third kappa shape index (κ3) is 6.72. The van der Waals surface area contributed by atoms with Crippen LogP contribution >= 0.6 is 15.9 Å². The third-order valence-electron chi connectivity index (χ3n) is 5.53. The van der Waals surface area contributed by atoms with E-state index >= 15 is 0 Å². The van der Waals surface area contributed by atoms with Crippen molar-refractivity contribution in [3.8, 4) is 5.75 Å². The largest absolute Gasteiger partial charge is 0.495 e. The average molecular weight is 616 g/mol. The molecule has 0 aliphatic carbocycles. The van der Waals surface area contributed by atoms with Crippen molar-refractivity contribution in [1.29, 1.82) is 0 Å². The lowest BCUT2D eigenvalue weighted by Crippen LogP contribution is -2.26. The van der Waals surface area contributed by atoms with Gasteiger partial charge in [-0.3, -0.25) is 9.10 Å². The number of ketones is 1. The second-order valence-corrected chi connectivity index (χ2v) is 11.3. The van der Waals surface area contributed by atoms with Crippen LogP contribution in [0.25, 0.3) is 0 Å². The zero-order valence-electron chi connectivity index (χ0n) is 21.1. The Balaban J connectivity index is 1.99. The van der Waals surface area contributed by atoms with Crippen molar-refractivity contribution in [2.45, 2.75) is 26.6 Å². The first-order chi connectivity index (χ1) is 17.6. The normalized spacial score (nSPS) is 11.7. The first-order valence-electron chi connectivity index (χ1n) is 11.0. The van der Waals surface area contributed by atoms with E-state index in [9.17, 15) is 26.4 Å². The molecule has 14 heteroatoms. The second-order valence-electron chi connectivity index (χ2n) is 8.38. The van der Waals surface area contributed by atoms with E-state index in [1.165, 1.54) is 33.2 Å². The molecule has 38 heavy (non-hydrogen) atoms. The number of carbonyl (C=O) groups is 1. The van der Waals surface area contributed by atoms with Gasteiger partial charge in [-0.05, 0) is 59.1 Å². The summed E-state index contributed by atoms with van der Waals surface area (Å²) in [6.45, 7) is 3.00. The Bertz CT molecular complexity index is 1480. The highest BCUT2D eigenvalue weighted by molar-refractivity contribution is 9.10. The number of aryl methyl sites for hydroxylation is 1. The van der Waals surface area contributed by atoms with E-state index in [4.69, 9.17) is 4.74 Å². The van der Waals surface area contributed by atoms with Gasteiger partial charge in [0, 0.05) is 29.8 Å². The molecule has 0 radical (unpaired) electrons. The number of aromatic nitrogens is 2. The summed E-state index contributed by atoms with van der Waals surface area (Å²) < 4.78 is 72.3. The van der Waals surface area contributed by atoms with E-state index in [0.717, 1.165) is 16.1 Å². The maximum absolute atomic E-state index is 13.8. The van der Waals surface area contributed by atoms with Crippen LogP contribution in [0.15, 0.2) is 41.0 Å². The van der Waals surface area contributed by atoms with Gasteiger partial charge in [-0.15, -0.1) is 0 Å². The van der Waals surface area contributed by atoms with Crippen molar-refractivity contribution in [2.24, 2.45) is 0 Å². The monoisotopic (exact) mass is 615 g/mol. The Morgan fingerprint density at radius 2 is 1.89 bits per heavy atom. The highest BCUT2D eigenvalue weighted by Crippen LogP contribution is 2.37. The zero-order chi connectivity index (χ0) is 28.4. The van der Waals surface area contributed by atoms with Gasteiger partial charge < -0.3 is 15.4 Å². The number of Topliss-reactive ketones (excluding diaryl/α,β-unsaturated/α-hetero) is 1. The molecule has 3 aromatic rings. The number of nitrogens with zero attached hydrogens (tertiary/aromatic N) is 3. The number of rotatable bonds is 9. The molecule has 3 rings (SSSR count). The van der Waals surface area contributed by atoms with Crippen LogP contribution in [0.2, 0.25) is 0 Å². The number of anilines is 4. The Hall–Kier alpha value is -3.39. The summed E-state index contributed by atoms with van der Waals surface area (Å²) in [5, 5.41) is 5.50. The number of sulfonamides is 1. The lowest BCUT2D eigenvalue weighted by molar-refractivity contribution is -0.137. The fraction of sp³-hybridized carbons (Fsp3) is 0.292. The van der Waals surface area contributed by atoms with Crippen LogP contribution in [0.5, 0.6) is 5.75 Å². The van der Waals surface area contributed by atoms with Crippen molar-refractivity contribution in [3.05, 3.63) is 63.3 Å². The lowest BCUT2D eigenvalue weighted by Gasteiger charge is -2.22. The number of nitrogens with one attached hydrogen (secondary N) is 2. The Morgan fingerprint density at radius 1 is 1.21 bits per heavy atom. The summed E-state index contributed by atoms with van der Waals surface area (Å²) in [6, 6.07) is 8.00. The number of halogens is 4. The lowest BCUT2D eigenvalue weighted by atomic mass is 10.1. The van der Waals surface area contributed by atoms with Gasteiger partial charge in [0.25, 0.3) is 0 Å². The zero-order valence-corrected chi connectivity index (χ0v) is 23.5. The first kappa shape index (κ1) is 29.2. The van der Waals surface area contributed by atoms with Gasteiger partial charge in [0.1, 0.15) is 17.1 Å². The van der Waals surface area contributed by atoms with Crippen LogP contribution in [0, 0.1) is 6.92 Å². The van der Waals surface area contributed by atoms with Crippen molar-refractivity contribution < 1.29 is 31.1 Å². The molecule has 2 aromatic carbocycles. The summed E-state index contributed by atoms with van der Waals surface area (Å²) in [5.74, 6) is -0.638. The van der Waals surface area contributed by atoms with Crippen LogP contribution in [-0.2, 0) is 22.7 Å². The molecule has 0 amide bonds. The van der Waals surface area contributed by atoms with Crippen LogP contribution in [0.4, 0.5) is 36.3 Å². The minimum atomic E-state index is -4.76. The molecule has 0 atom stereocenters. The van der Waals surface area contributed by atoms with E-state index in [1.807, 2.05) is 0 Å². The minimum Gasteiger partial charge on any atom is -0.495 e. The molecule has 9 nitrogen and oxygen atoms in total. The summed E-state index contributed by atoms with van der Waals surface area (Å²) in [5.41, 5.74) is 1.10. The van der Waals surface area contributed by atoms with Crippen LogP contribution < -0.4 is 19.7 Å². The van der Waals surface area contributed by atoms with E-state index < -0.39 is 27.6 Å². The van der Waals surface area contributed by atoms with Gasteiger partial charge in [0.15, 0.2) is 5.78 Å². The standard InChI is InChI=1S/C24H25BrF3N5O4S/c1-13-6-7-15(20(8-13)33(3)38(5,35)36)11-29-22-17(24(26,27)28)12-30-23(32-22)31-19-10-18(25)16(14(2)34)9-21(19)37-4/h6-10,12H,11H2,1-5H3,(H2,29,30,31,32). The van der Waals surface area contributed by atoms with E-state index in [1.54, 1.807) is 25.1 Å². The maximum Gasteiger partial charge on any atom is 0.421 e. The molecule has 0 fully saturated rings. The molecular weight excluding hydrogens is 591 g/mol. The van der Waals surface area contributed by atoms with E-state index in [-0.39, 0.29) is 24.0 Å². The molecule has 0 spiro atoms. The Kier molecular flexibility index (Phi) is 8.56. The van der Waals surface area contributed by atoms with Gasteiger partial charge in [0.2, 0.25) is 16.0 Å². The van der Waals surface area contributed by atoms with Crippen molar-refractivity contribution in [2.75, 3.05) is 35.4 Å². The highest BCUT2D eigenvalue weighted by Gasteiger charge is 2.35. The third-order valence-corrected chi connectivity index (χ3v) is 7.38. The predicted molar refractivity (Wildman–Crippen MR) is 143 cm³/mol. The number of hydrogen-bond acceptors (Lipinski definition) is 8. The Labute approximate surface area is 226 Å². The molecule has 0 bridgehead atoms. The smallest absolute Gasteiger partial charge is 0.421 e. The van der Waals surface area contributed by atoms with Crippen molar-refractivity contribution in [3.63, 3.8) is 0 Å². The minimum absolute atomic E-state index is 0.156. The fourth-order valence-corrected chi connectivity index (χ4v) is 4.62. The van der Waals surface area contributed by atoms with Gasteiger partial charge in [0.05, 0.1) is 24.7 Å². The van der Waals surface area contributed by atoms with E-state index in [2.05, 4.69) is 36.5 Å². The summed E-state index contributed by atoms with van der Waals surface area (Å²) in [6.07, 6.45) is -3.08. The molecule has 2 N–H and O–H groups in total. The topological polar surface area (TPSA) is 114 Å². The molecule has 204 valence electrons. The number of methoxy groups -OCH3 is 1. The number of alkyl halides is 3. The first-order valence-corrected chi connectivity index (χ1v) is 13.6. The highest BCUT2D eigenvalue weighted by atomic mass is 79.9. The molecule has 0 unspecified atom stereocenters. The van der Waals surface area contributed by atoms with Gasteiger partial charge >= 0.3 is 6.18 Å². The molecule has 0 aliphatic rings.